The number of benzene rings is 2. The first-order valence-corrected chi connectivity index (χ1v) is 9.23. The maximum absolute atomic E-state index is 12.4. The molecule has 0 bridgehead atoms. The maximum Gasteiger partial charge on any atom is 0.289 e. The van der Waals surface area contributed by atoms with Crippen molar-refractivity contribution in [3.05, 3.63) is 58.8 Å². The second kappa shape index (κ2) is 9.13. The summed E-state index contributed by atoms with van der Waals surface area (Å²) in [6.07, 6.45) is 1.45. The first kappa shape index (κ1) is 20.9. The van der Waals surface area contributed by atoms with Gasteiger partial charge in [0.25, 0.3) is 5.91 Å². The zero-order chi connectivity index (χ0) is 21.7. The topological polar surface area (TPSA) is 97.8 Å². The van der Waals surface area contributed by atoms with Crippen LogP contribution in [0.4, 0.5) is 0 Å². The van der Waals surface area contributed by atoms with Crippen LogP contribution in [0.1, 0.15) is 27.2 Å². The molecule has 1 amide bonds. The molecule has 0 saturated heterocycles. The third-order valence-corrected chi connectivity index (χ3v) is 4.74. The van der Waals surface area contributed by atoms with E-state index in [1.54, 1.807) is 25.3 Å². The lowest BCUT2D eigenvalue weighted by Crippen LogP contribution is -2.18. The molecule has 0 unspecified atom stereocenters. The summed E-state index contributed by atoms with van der Waals surface area (Å²) in [6, 6.07) is 11.1. The van der Waals surface area contributed by atoms with Gasteiger partial charge in [0.2, 0.25) is 0 Å². The van der Waals surface area contributed by atoms with Crippen LogP contribution < -0.4 is 19.6 Å². The minimum atomic E-state index is -0.416. The summed E-state index contributed by atoms with van der Waals surface area (Å²) in [5.41, 5.74) is 7.33. The Kier molecular flexibility index (Phi) is 6.36. The Morgan fingerprint density at radius 3 is 2.30 bits per heavy atom. The smallest absolute Gasteiger partial charge is 0.289 e. The van der Waals surface area contributed by atoms with E-state index in [0.717, 1.165) is 11.1 Å². The van der Waals surface area contributed by atoms with Crippen LogP contribution in [0.5, 0.6) is 17.2 Å². The molecule has 0 spiro atoms. The Bertz CT molecular complexity index is 1060. The Morgan fingerprint density at radius 1 is 1.00 bits per heavy atom. The average molecular weight is 408 g/mol. The fourth-order valence-corrected chi connectivity index (χ4v) is 2.86. The van der Waals surface area contributed by atoms with Crippen molar-refractivity contribution in [1.29, 1.82) is 0 Å². The lowest BCUT2D eigenvalue weighted by Gasteiger charge is -2.12. The zero-order valence-electron chi connectivity index (χ0n) is 17.6. The third-order valence-electron chi connectivity index (χ3n) is 4.74. The van der Waals surface area contributed by atoms with E-state index in [0.29, 0.717) is 34.2 Å². The molecule has 0 fully saturated rings. The van der Waals surface area contributed by atoms with Gasteiger partial charge in [-0.1, -0.05) is 12.1 Å². The summed E-state index contributed by atoms with van der Waals surface area (Å²) in [5, 5.41) is 11.0. The molecular formula is C22H24N4O4. The SMILES string of the molecule is COc1cc(OC)c(/C=N/NC(=O)c2cc(-c3ccc(C)c(C)c3)n[nH]2)c(OC)c1. The molecule has 0 radical (unpaired) electrons. The van der Waals surface area contributed by atoms with Gasteiger partial charge in [0.05, 0.1) is 38.8 Å². The van der Waals surface area contributed by atoms with Gasteiger partial charge in [-0.05, 0) is 37.1 Å². The summed E-state index contributed by atoms with van der Waals surface area (Å²) in [6.45, 7) is 4.09. The Morgan fingerprint density at radius 2 is 1.70 bits per heavy atom. The van der Waals surface area contributed by atoms with Gasteiger partial charge in [0, 0.05) is 17.7 Å². The number of aromatic nitrogens is 2. The normalized spacial score (nSPS) is 10.8. The fraction of sp³-hybridized carbons (Fsp3) is 0.227. The van der Waals surface area contributed by atoms with Crippen molar-refractivity contribution >= 4 is 12.1 Å². The van der Waals surface area contributed by atoms with Crippen LogP contribution in [-0.2, 0) is 0 Å². The zero-order valence-corrected chi connectivity index (χ0v) is 17.6. The molecule has 0 saturated carbocycles. The number of carbonyl (C=O) groups excluding carboxylic acids is 1. The fourth-order valence-electron chi connectivity index (χ4n) is 2.86. The summed E-state index contributed by atoms with van der Waals surface area (Å²) in [7, 11) is 4.62. The third kappa shape index (κ3) is 4.43. The minimum absolute atomic E-state index is 0.300. The molecule has 0 aliphatic carbocycles. The van der Waals surface area contributed by atoms with E-state index in [2.05, 4.69) is 20.7 Å². The number of aromatic amines is 1. The van der Waals surface area contributed by atoms with Gasteiger partial charge in [-0.3, -0.25) is 9.89 Å². The van der Waals surface area contributed by atoms with E-state index in [9.17, 15) is 4.79 Å². The summed E-state index contributed by atoms with van der Waals surface area (Å²) >= 11 is 0. The number of hydrazone groups is 1. The van der Waals surface area contributed by atoms with Gasteiger partial charge in [0.15, 0.2) is 0 Å². The molecule has 0 aliphatic heterocycles. The molecule has 0 aliphatic rings. The Hall–Kier alpha value is -3.81. The van der Waals surface area contributed by atoms with Crippen molar-refractivity contribution in [3.63, 3.8) is 0 Å². The molecule has 8 nitrogen and oxygen atoms in total. The number of hydrogen-bond donors (Lipinski definition) is 2. The van der Waals surface area contributed by atoms with Gasteiger partial charge >= 0.3 is 0 Å². The number of rotatable bonds is 7. The van der Waals surface area contributed by atoms with Crippen LogP contribution in [0, 0.1) is 13.8 Å². The number of hydrogen-bond acceptors (Lipinski definition) is 6. The summed E-state index contributed by atoms with van der Waals surface area (Å²) in [5.74, 6) is 1.17. The Balaban J connectivity index is 1.76. The number of H-pyrrole nitrogens is 1. The molecular weight excluding hydrogens is 384 g/mol. The van der Waals surface area contributed by atoms with Crippen molar-refractivity contribution in [2.45, 2.75) is 13.8 Å². The second-order valence-corrected chi connectivity index (χ2v) is 6.61. The first-order valence-electron chi connectivity index (χ1n) is 9.23. The highest BCUT2D eigenvalue weighted by Gasteiger charge is 2.13. The molecule has 2 aromatic carbocycles. The van der Waals surface area contributed by atoms with Gasteiger partial charge in [0.1, 0.15) is 22.9 Å². The number of ether oxygens (including phenoxy) is 3. The number of amides is 1. The van der Waals surface area contributed by atoms with Crippen LogP contribution in [0.2, 0.25) is 0 Å². The quantitative estimate of drug-likeness (QED) is 0.461. The predicted octanol–water partition coefficient (Wildman–Crippen LogP) is 3.48. The predicted molar refractivity (Wildman–Crippen MR) is 115 cm³/mol. The molecule has 2 N–H and O–H groups in total. The van der Waals surface area contributed by atoms with E-state index in [1.807, 2.05) is 32.0 Å². The highest BCUT2D eigenvalue weighted by molar-refractivity contribution is 5.95. The molecule has 0 atom stereocenters. The number of aryl methyl sites for hydroxylation is 2. The van der Waals surface area contributed by atoms with Crippen LogP contribution in [0.3, 0.4) is 0 Å². The maximum atomic E-state index is 12.4. The van der Waals surface area contributed by atoms with Gasteiger partial charge in [-0.2, -0.15) is 10.2 Å². The minimum Gasteiger partial charge on any atom is -0.496 e. The molecule has 3 rings (SSSR count). The summed E-state index contributed by atoms with van der Waals surface area (Å²) < 4.78 is 15.9. The molecule has 1 heterocycles. The molecule has 156 valence electrons. The molecule has 30 heavy (non-hydrogen) atoms. The average Bonchev–Trinajstić information content (AvgIpc) is 3.25. The number of carbonyl (C=O) groups is 1. The van der Waals surface area contributed by atoms with E-state index >= 15 is 0 Å². The van der Waals surface area contributed by atoms with E-state index in [4.69, 9.17) is 14.2 Å². The van der Waals surface area contributed by atoms with Gasteiger partial charge in [-0.25, -0.2) is 5.43 Å². The van der Waals surface area contributed by atoms with Crippen molar-refractivity contribution in [2.24, 2.45) is 5.10 Å². The van der Waals surface area contributed by atoms with Crippen molar-refractivity contribution in [3.8, 4) is 28.5 Å². The van der Waals surface area contributed by atoms with Crippen LogP contribution in [0.25, 0.3) is 11.3 Å². The first-order chi connectivity index (χ1) is 14.5. The van der Waals surface area contributed by atoms with Gasteiger partial charge < -0.3 is 14.2 Å². The monoisotopic (exact) mass is 408 g/mol. The highest BCUT2D eigenvalue weighted by Crippen LogP contribution is 2.32. The van der Waals surface area contributed by atoms with E-state index < -0.39 is 5.91 Å². The standard InChI is InChI=1S/C22H24N4O4/c1-13-6-7-15(8-14(13)2)18-11-19(25-24-18)22(27)26-23-12-17-20(29-4)9-16(28-3)10-21(17)30-5/h6-12H,1-5H3,(H,24,25)(H,26,27)/b23-12+. The number of methoxy groups -OCH3 is 3. The van der Waals surface area contributed by atoms with Crippen molar-refractivity contribution in [1.82, 2.24) is 15.6 Å². The highest BCUT2D eigenvalue weighted by atomic mass is 16.5. The molecule has 3 aromatic rings. The Labute approximate surface area is 174 Å². The lowest BCUT2D eigenvalue weighted by atomic mass is 10.0. The van der Waals surface area contributed by atoms with Crippen LogP contribution in [-0.4, -0.2) is 43.6 Å². The van der Waals surface area contributed by atoms with E-state index in [-0.39, 0.29) is 0 Å². The second-order valence-electron chi connectivity index (χ2n) is 6.61. The number of nitrogens with zero attached hydrogens (tertiary/aromatic N) is 2. The van der Waals surface area contributed by atoms with Crippen LogP contribution >= 0.6 is 0 Å². The van der Waals surface area contributed by atoms with E-state index in [1.165, 1.54) is 26.0 Å². The van der Waals surface area contributed by atoms with Crippen molar-refractivity contribution < 1.29 is 19.0 Å². The van der Waals surface area contributed by atoms with Crippen molar-refractivity contribution in [2.75, 3.05) is 21.3 Å². The molecule has 8 heteroatoms. The largest absolute Gasteiger partial charge is 0.496 e. The lowest BCUT2D eigenvalue weighted by molar-refractivity contribution is 0.0950. The summed E-state index contributed by atoms with van der Waals surface area (Å²) in [4.78, 5) is 12.4. The molecule has 1 aromatic heterocycles. The van der Waals surface area contributed by atoms with Crippen LogP contribution in [0.15, 0.2) is 41.5 Å². The van der Waals surface area contributed by atoms with Gasteiger partial charge in [-0.15, -0.1) is 0 Å². The number of nitrogens with one attached hydrogen (secondary N) is 2.